The summed E-state index contributed by atoms with van der Waals surface area (Å²) in [7, 11) is 0. The van der Waals surface area contributed by atoms with Crippen molar-refractivity contribution in [3.05, 3.63) is 24.8 Å². The monoisotopic (exact) mass is 282 g/mol. The van der Waals surface area contributed by atoms with Gasteiger partial charge in [-0.05, 0) is 19.3 Å². The molecule has 0 aliphatic carbocycles. The lowest BCUT2D eigenvalue weighted by Crippen LogP contribution is -2.10. The molecule has 0 aromatic rings. The van der Waals surface area contributed by atoms with Crippen LogP contribution in [0.2, 0.25) is 0 Å². The van der Waals surface area contributed by atoms with Gasteiger partial charge in [-0.15, -0.1) is 6.58 Å². The Kier molecular flexibility index (Phi) is 11.0. The van der Waals surface area contributed by atoms with Crippen LogP contribution >= 0.6 is 0 Å². The maximum absolute atomic E-state index is 11.2. The number of carboxylic acids is 1. The number of rotatable bonds is 11. The van der Waals surface area contributed by atoms with E-state index >= 15 is 0 Å². The van der Waals surface area contributed by atoms with Gasteiger partial charge >= 0.3 is 17.9 Å². The van der Waals surface area contributed by atoms with Gasteiger partial charge in [-0.3, -0.25) is 4.79 Å². The summed E-state index contributed by atoms with van der Waals surface area (Å²) in [6, 6.07) is 0. The molecule has 0 fully saturated rings. The number of carbonyl (C=O) groups excluding carboxylic acids is 2. The fraction of sp³-hybridized carbons (Fsp3) is 0.533. The van der Waals surface area contributed by atoms with Gasteiger partial charge < -0.3 is 9.84 Å². The van der Waals surface area contributed by atoms with Gasteiger partial charge in [0, 0.05) is 18.6 Å². The first kappa shape index (κ1) is 18.1. The fourth-order valence-electron chi connectivity index (χ4n) is 1.60. The second-order valence-corrected chi connectivity index (χ2v) is 4.41. The normalized spacial score (nSPS) is 10.4. The summed E-state index contributed by atoms with van der Waals surface area (Å²) in [4.78, 5) is 32.4. The maximum Gasteiger partial charge on any atom is 0.338 e. The van der Waals surface area contributed by atoms with Gasteiger partial charge in [0.15, 0.2) is 0 Å². The van der Waals surface area contributed by atoms with E-state index in [4.69, 9.17) is 5.11 Å². The van der Waals surface area contributed by atoms with Gasteiger partial charge in [0.1, 0.15) is 0 Å². The van der Waals surface area contributed by atoms with E-state index in [1.807, 2.05) is 6.08 Å². The Balaban J connectivity index is 3.51. The molecule has 0 rings (SSSR count). The molecule has 0 aromatic heterocycles. The Morgan fingerprint density at radius 2 is 1.55 bits per heavy atom. The van der Waals surface area contributed by atoms with E-state index in [1.54, 1.807) is 0 Å². The van der Waals surface area contributed by atoms with E-state index < -0.39 is 17.9 Å². The van der Waals surface area contributed by atoms with Crippen molar-refractivity contribution in [2.45, 2.75) is 51.4 Å². The second kappa shape index (κ2) is 12.1. The van der Waals surface area contributed by atoms with Crippen LogP contribution in [0.1, 0.15) is 51.4 Å². The lowest BCUT2D eigenvalue weighted by atomic mass is 10.1. The molecular formula is C15H22O5. The van der Waals surface area contributed by atoms with E-state index in [0.717, 1.165) is 44.6 Å². The number of allylic oxidation sites excluding steroid dienone is 1. The molecule has 20 heavy (non-hydrogen) atoms. The number of carbonyl (C=O) groups is 3. The molecule has 0 aromatic carbocycles. The van der Waals surface area contributed by atoms with Crippen LogP contribution in [0.25, 0.3) is 0 Å². The van der Waals surface area contributed by atoms with E-state index in [-0.39, 0.29) is 6.42 Å². The predicted molar refractivity (Wildman–Crippen MR) is 75.0 cm³/mol. The molecule has 0 spiro atoms. The second-order valence-electron chi connectivity index (χ2n) is 4.41. The summed E-state index contributed by atoms with van der Waals surface area (Å²) >= 11 is 0. The van der Waals surface area contributed by atoms with Crippen molar-refractivity contribution in [1.29, 1.82) is 0 Å². The van der Waals surface area contributed by atoms with Crippen LogP contribution in [0.4, 0.5) is 0 Å². The smallest absolute Gasteiger partial charge is 0.338 e. The summed E-state index contributed by atoms with van der Waals surface area (Å²) in [5, 5.41) is 8.29. The minimum absolute atomic E-state index is 0.180. The molecule has 0 saturated carbocycles. The van der Waals surface area contributed by atoms with Crippen molar-refractivity contribution < 1.29 is 24.2 Å². The Morgan fingerprint density at radius 1 is 0.950 bits per heavy atom. The average molecular weight is 282 g/mol. The van der Waals surface area contributed by atoms with Crippen molar-refractivity contribution in [3.8, 4) is 0 Å². The van der Waals surface area contributed by atoms with Gasteiger partial charge in [0.25, 0.3) is 0 Å². The molecular weight excluding hydrogens is 260 g/mol. The van der Waals surface area contributed by atoms with Crippen LogP contribution in [0.5, 0.6) is 0 Å². The summed E-state index contributed by atoms with van der Waals surface area (Å²) in [5.74, 6) is -2.82. The Bertz CT molecular complexity index is 357. The van der Waals surface area contributed by atoms with Crippen LogP contribution in [-0.2, 0) is 19.1 Å². The minimum Gasteiger partial charge on any atom is -0.478 e. The molecule has 5 nitrogen and oxygen atoms in total. The molecule has 0 radical (unpaired) electrons. The van der Waals surface area contributed by atoms with E-state index in [0.29, 0.717) is 12.5 Å². The topological polar surface area (TPSA) is 80.7 Å². The first-order valence-electron chi connectivity index (χ1n) is 6.82. The zero-order valence-corrected chi connectivity index (χ0v) is 11.7. The standard InChI is InChI=1S/C15H22O5/c1-2-3-4-5-6-7-8-9-10-14(18)20-15(19)12-11-13(16)17/h2,11-12H,1,3-10H2,(H,16,17)/b12-11-. The maximum atomic E-state index is 11.2. The summed E-state index contributed by atoms with van der Waals surface area (Å²) in [6.45, 7) is 3.66. The van der Waals surface area contributed by atoms with Gasteiger partial charge in [-0.25, -0.2) is 9.59 Å². The lowest BCUT2D eigenvalue weighted by Gasteiger charge is -2.01. The van der Waals surface area contributed by atoms with Crippen molar-refractivity contribution >= 4 is 17.9 Å². The quantitative estimate of drug-likeness (QED) is 0.207. The Morgan fingerprint density at radius 3 is 2.15 bits per heavy atom. The number of aliphatic carboxylic acids is 1. The Labute approximate surface area is 119 Å². The third-order valence-electron chi connectivity index (χ3n) is 2.62. The first-order valence-corrected chi connectivity index (χ1v) is 6.82. The van der Waals surface area contributed by atoms with Crippen LogP contribution in [-0.4, -0.2) is 23.0 Å². The zero-order chi connectivity index (χ0) is 15.2. The van der Waals surface area contributed by atoms with Crippen molar-refractivity contribution in [1.82, 2.24) is 0 Å². The van der Waals surface area contributed by atoms with Crippen molar-refractivity contribution in [2.24, 2.45) is 0 Å². The highest BCUT2D eigenvalue weighted by Crippen LogP contribution is 2.09. The summed E-state index contributed by atoms with van der Waals surface area (Å²) < 4.78 is 4.42. The molecule has 5 heteroatoms. The van der Waals surface area contributed by atoms with Gasteiger partial charge in [0.05, 0.1) is 0 Å². The van der Waals surface area contributed by atoms with Crippen LogP contribution in [0.15, 0.2) is 24.8 Å². The fourth-order valence-corrected chi connectivity index (χ4v) is 1.60. The molecule has 0 unspecified atom stereocenters. The van der Waals surface area contributed by atoms with E-state index in [9.17, 15) is 14.4 Å². The van der Waals surface area contributed by atoms with E-state index in [1.165, 1.54) is 0 Å². The molecule has 0 aliphatic rings. The predicted octanol–water partition coefficient (Wildman–Crippen LogP) is 3.00. The van der Waals surface area contributed by atoms with Crippen LogP contribution < -0.4 is 0 Å². The number of unbranched alkanes of at least 4 members (excludes halogenated alkanes) is 6. The SMILES string of the molecule is C=CCCCCCCCCC(=O)OC(=O)/C=C\C(=O)O. The van der Waals surface area contributed by atoms with Crippen LogP contribution in [0, 0.1) is 0 Å². The highest BCUT2D eigenvalue weighted by atomic mass is 16.6. The van der Waals surface area contributed by atoms with Crippen molar-refractivity contribution in [2.75, 3.05) is 0 Å². The van der Waals surface area contributed by atoms with Crippen molar-refractivity contribution in [3.63, 3.8) is 0 Å². The number of ether oxygens (including phenoxy) is 1. The Hall–Kier alpha value is -1.91. The average Bonchev–Trinajstić information content (AvgIpc) is 2.39. The van der Waals surface area contributed by atoms with Crippen LogP contribution in [0.3, 0.4) is 0 Å². The number of hydrogen-bond donors (Lipinski definition) is 1. The third kappa shape index (κ3) is 12.5. The highest BCUT2D eigenvalue weighted by molar-refractivity contribution is 5.95. The number of hydrogen-bond acceptors (Lipinski definition) is 4. The molecule has 0 amide bonds. The molecule has 112 valence electrons. The zero-order valence-electron chi connectivity index (χ0n) is 11.7. The molecule has 0 aliphatic heterocycles. The minimum atomic E-state index is -1.26. The number of esters is 2. The highest BCUT2D eigenvalue weighted by Gasteiger charge is 2.07. The largest absolute Gasteiger partial charge is 0.478 e. The first-order chi connectivity index (χ1) is 9.56. The van der Waals surface area contributed by atoms with Gasteiger partial charge in [0.2, 0.25) is 0 Å². The number of carboxylic acid groups (broad SMARTS) is 1. The summed E-state index contributed by atoms with van der Waals surface area (Å²) in [5.41, 5.74) is 0. The van der Waals surface area contributed by atoms with Gasteiger partial charge in [-0.2, -0.15) is 0 Å². The molecule has 1 N–H and O–H groups in total. The molecule has 0 bridgehead atoms. The molecule has 0 heterocycles. The molecule has 0 saturated heterocycles. The summed E-state index contributed by atoms with van der Waals surface area (Å²) in [6.07, 6.45) is 10.6. The third-order valence-corrected chi connectivity index (χ3v) is 2.62. The lowest BCUT2D eigenvalue weighted by molar-refractivity contribution is -0.156. The molecule has 0 atom stereocenters. The van der Waals surface area contributed by atoms with Gasteiger partial charge in [-0.1, -0.05) is 31.8 Å². The van der Waals surface area contributed by atoms with E-state index in [2.05, 4.69) is 11.3 Å².